The van der Waals surface area contributed by atoms with Gasteiger partial charge in [0.15, 0.2) is 0 Å². The van der Waals surface area contributed by atoms with Gasteiger partial charge in [0.05, 0.1) is 12.7 Å². The Morgan fingerprint density at radius 1 is 1.19 bits per heavy atom. The third-order valence-corrected chi connectivity index (χ3v) is 4.24. The summed E-state index contributed by atoms with van der Waals surface area (Å²) in [5.41, 5.74) is -0.0321. The maximum atomic E-state index is 9.53. The van der Waals surface area contributed by atoms with Gasteiger partial charge >= 0.3 is 0 Å². The van der Waals surface area contributed by atoms with Gasteiger partial charge in [0.1, 0.15) is 0 Å². The predicted molar refractivity (Wildman–Crippen MR) is 64.5 cm³/mol. The molecule has 2 rings (SSSR count). The molecule has 3 heteroatoms. The first-order valence-electron chi connectivity index (χ1n) is 6.69. The van der Waals surface area contributed by atoms with E-state index in [1.54, 1.807) is 7.11 Å². The summed E-state index contributed by atoms with van der Waals surface area (Å²) < 4.78 is 5.31. The SMILES string of the molecule is COC1CC(CO)(NC2CCCCCC2)C1. The van der Waals surface area contributed by atoms with Crippen LogP contribution in [-0.4, -0.2) is 36.5 Å². The Morgan fingerprint density at radius 3 is 2.31 bits per heavy atom. The molecule has 3 nitrogen and oxygen atoms in total. The van der Waals surface area contributed by atoms with Crippen LogP contribution in [0.1, 0.15) is 51.4 Å². The molecule has 0 saturated heterocycles. The van der Waals surface area contributed by atoms with E-state index in [-0.39, 0.29) is 12.1 Å². The normalized spacial score (nSPS) is 36.8. The van der Waals surface area contributed by atoms with Crippen molar-refractivity contribution in [2.45, 2.75) is 69.1 Å². The molecule has 0 aromatic carbocycles. The molecule has 2 saturated carbocycles. The van der Waals surface area contributed by atoms with Crippen LogP contribution < -0.4 is 5.32 Å². The van der Waals surface area contributed by atoms with E-state index in [0.29, 0.717) is 12.1 Å². The summed E-state index contributed by atoms with van der Waals surface area (Å²) in [5, 5.41) is 13.2. The smallest absolute Gasteiger partial charge is 0.0615 e. The van der Waals surface area contributed by atoms with Crippen LogP contribution in [-0.2, 0) is 4.74 Å². The lowest BCUT2D eigenvalue weighted by molar-refractivity contribution is -0.0578. The van der Waals surface area contributed by atoms with Gasteiger partial charge in [0.25, 0.3) is 0 Å². The fraction of sp³-hybridized carbons (Fsp3) is 1.00. The minimum absolute atomic E-state index is 0.0321. The van der Waals surface area contributed by atoms with Crippen LogP contribution in [0.5, 0.6) is 0 Å². The second-order valence-electron chi connectivity index (χ2n) is 5.54. The molecule has 0 aliphatic heterocycles. The summed E-state index contributed by atoms with van der Waals surface area (Å²) >= 11 is 0. The van der Waals surface area contributed by atoms with Crippen molar-refractivity contribution in [1.82, 2.24) is 5.32 Å². The molecule has 0 radical (unpaired) electrons. The zero-order chi connectivity index (χ0) is 11.4. The Hall–Kier alpha value is -0.120. The van der Waals surface area contributed by atoms with Gasteiger partial charge in [-0.2, -0.15) is 0 Å². The monoisotopic (exact) mass is 227 g/mol. The number of nitrogens with one attached hydrogen (secondary N) is 1. The highest BCUT2D eigenvalue weighted by Crippen LogP contribution is 2.35. The van der Waals surface area contributed by atoms with E-state index in [1.807, 2.05) is 0 Å². The molecule has 16 heavy (non-hydrogen) atoms. The molecule has 0 atom stereocenters. The maximum Gasteiger partial charge on any atom is 0.0615 e. The van der Waals surface area contributed by atoms with Crippen LogP contribution in [0.4, 0.5) is 0 Å². The van der Waals surface area contributed by atoms with Gasteiger partial charge in [-0.1, -0.05) is 25.7 Å². The van der Waals surface area contributed by atoms with Gasteiger partial charge < -0.3 is 15.2 Å². The van der Waals surface area contributed by atoms with Gasteiger partial charge in [-0.25, -0.2) is 0 Å². The predicted octanol–water partition coefficient (Wildman–Crippen LogP) is 1.84. The molecule has 2 N–H and O–H groups in total. The zero-order valence-electron chi connectivity index (χ0n) is 10.4. The van der Waals surface area contributed by atoms with Crippen molar-refractivity contribution in [3.05, 3.63) is 0 Å². The van der Waals surface area contributed by atoms with Crippen LogP contribution in [0, 0.1) is 0 Å². The van der Waals surface area contributed by atoms with E-state index < -0.39 is 0 Å². The lowest BCUT2D eigenvalue weighted by Gasteiger charge is -2.48. The fourth-order valence-corrected chi connectivity index (χ4v) is 3.13. The number of hydrogen-bond donors (Lipinski definition) is 2. The highest BCUT2D eigenvalue weighted by atomic mass is 16.5. The van der Waals surface area contributed by atoms with Crippen molar-refractivity contribution >= 4 is 0 Å². The Labute approximate surface area is 98.6 Å². The first kappa shape index (κ1) is 12.3. The van der Waals surface area contributed by atoms with Gasteiger partial charge in [-0.05, 0) is 25.7 Å². The second-order valence-corrected chi connectivity index (χ2v) is 5.54. The fourth-order valence-electron chi connectivity index (χ4n) is 3.13. The summed E-state index contributed by atoms with van der Waals surface area (Å²) in [6.45, 7) is 0.253. The number of hydrogen-bond acceptors (Lipinski definition) is 3. The van der Waals surface area contributed by atoms with Gasteiger partial charge in [0, 0.05) is 18.7 Å². The highest BCUT2D eigenvalue weighted by molar-refractivity contribution is 5.03. The Kier molecular flexibility index (Phi) is 4.22. The molecule has 2 aliphatic rings. The molecular weight excluding hydrogens is 202 g/mol. The molecule has 0 amide bonds. The van der Waals surface area contributed by atoms with Gasteiger partial charge in [0.2, 0.25) is 0 Å². The van der Waals surface area contributed by atoms with Crippen LogP contribution >= 0.6 is 0 Å². The standard InChI is InChI=1S/C13H25NO2/c1-16-12-8-13(9-12,10-15)14-11-6-4-2-3-5-7-11/h11-12,14-15H,2-10H2,1H3. The number of aliphatic hydroxyl groups is 1. The Balaban J connectivity index is 1.82. The van der Waals surface area contributed by atoms with Gasteiger partial charge in [-0.3, -0.25) is 0 Å². The quantitative estimate of drug-likeness (QED) is 0.720. The summed E-state index contributed by atoms with van der Waals surface area (Å²) in [6, 6.07) is 0.618. The topological polar surface area (TPSA) is 41.5 Å². The first-order valence-corrected chi connectivity index (χ1v) is 6.69. The van der Waals surface area contributed by atoms with Crippen LogP contribution in [0.2, 0.25) is 0 Å². The van der Waals surface area contributed by atoms with Crippen molar-refractivity contribution in [1.29, 1.82) is 0 Å². The largest absolute Gasteiger partial charge is 0.394 e. The zero-order valence-corrected chi connectivity index (χ0v) is 10.4. The average Bonchev–Trinajstić information content (AvgIpc) is 2.51. The number of methoxy groups -OCH3 is 1. The van der Waals surface area contributed by atoms with Crippen LogP contribution in [0.15, 0.2) is 0 Å². The molecule has 0 spiro atoms. The summed E-state index contributed by atoms with van der Waals surface area (Å²) in [4.78, 5) is 0. The Morgan fingerprint density at radius 2 is 1.81 bits per heavy atom. The van der Waals surface area contributed by atoms with E-state index in [9.17, 15) is 5.11 Å². The number of ether oxygens (including phenoxy) is 1. The molecule has 0 unspecified atom stereocenters. The number of rotatable bonds is 4. The minimum atomic E-state index is -0.0321. The van der Waals surface area contributed by atoms with Crippen molar-refractivity contribution < 1.29 is 9.84 Å². The van der Waals surface area contributed by atoms with Gasteiger partial charge in [-0.15, -0.1) is 0 Å². The molecule has 2 aliphatic carbocycles. The van der Waals surface area contributed by atoms with Crippen molar-refractivity contribution in [2.75, 3.05) is 13.7 Å². The average molecular weight is 227 g/mol. The molecule has 0 aromatic heterocycles. The molecule has 0 aromatic rings. The third kappa shape index (κ3) is 2.76. The van der Waals surface area contributed by atoms with E-state index >= 15 is 0 Å². The molecule has 94 valence electrons. The van der Waals surface area contributed by atoms with Crippen LogP contribution in [0.3, 0.4) is 0 Å². The van der Waals surface area contributed by atoms with E-state index in [0.717, 1.165) is 12.8 Å². The lowest BCUT2D eigenvalue weighted by Crippen LogP contribution is -2.63. The van der Waals surface area contributed by atoms with Crippen molar-refractivity contribution in [3.8, 4) is 0 Å². The lowest BCUT2D eigenvalue weighted by atomic mass is 9.74. The minimum Gasteiger partial charge on any atom is -0.394 e. The van der Waals surface area contributed by atoms with E-state index in [1.165, 1.54) is 38.5 Å². The third-order valence-electron chi connectivity index (χ3n) is 4.24. The van der Waals surface area contributed by atoms with Crippen LogP contribution in [0.25, 0.3) is 0 Å². The molecular formula is C13H25NO2. The second kappa shape index (κ2) is 5.48. The molecule has 0 bridgehead atoms. The highest BCUT2D eigenvalue weighted by Gasteiger charge is 2.44. The molecule has 2 fully saturated rings. The van der Waals surface area contributed by atoms with Crippen molar-refractivity contribution in [2.24, 2.45) is 0 Å². The first-order chi connectivity index (χ1) is 7.78. The van der Waals surface area contributed by atoms with E-state index in [4.69, 9.17) is 4.74 Å². The summed E-state index contributed by atoms with van der Waals surface area (Å²) in [6.07, 6.45) is 10.3. The maximum absolute atomic E-state index is 9.53. The molecule has 0 heterocycles. The van der Waals surface area contributed by atoms with E-state index in [2.05, 4.69) is 5.32 Å². The van der Waals surface area contributed by atoms with Crippen molar-refractivity contribution in [3.63, 3.8) is 0 Å². The Bertz CT molecular complexity index is 206. The number of aliphatic hydroxyl groups excluding tert-OH is 1. The summed E-state index contributed by atoms with van der Waals surface area (Å²) in [5.74, 6) is 0. The summed E-state index contributed by atoms with van der Waals surface area (Å²) in [7, 11) is 1.76.